The third-order valence-corrected chi connectivity index (χ3v) is 2.51. The van der Waals surface area contributed by atoms with Gasteiger partial charge in [0.15, 0.2) is 0 Å². The van der Waals surface area contributed by atoms with Gasteiger partial charge in [-0.15, -0.1) is 0 Å². The normalized spacial score (nSPS) is 14.7. The van der Waals surface area contributed by atoms with Crippen LogP contribution in [0.4, 0.5) is 0 Å². The van der Waals surface area contributed by atoms with E-state index in [1.165, 1.54) is 16.8 Å². The van der Waals surface area contributed by atoms with Gasteiger partial charge in [-0.3, -0.25) is 4.98 Å². The third-order valence-electron chi connectivity index (χ3n) is 2.51. The van der Waals surface area contributed by atoms with E-state index < -0.39 is 0 Å². The van der Waals surface area contributed by atoms with Crippen molar-refractivity contribution in [3.05, 3.63) is 35.2 Å². The van der Waals surface area contributed by atoms with E-state index in [2.05, 4.69) is 37.0 Å². The first-order valence-electron chi connectivity index (χ1n) is 4.93. The maximum Gasteiger partial charge on any atom is 0.0435 e. The van der Waals surface area contributed by atoms with Gasteiger partial charge in [-0.2, -0.15) is 0 Å². The van der Waals surface area contributed by atoms with Crippen LogP contribution in [0, 0.1) is 0 Å². The molecule has 2 rings (SSSR count). The van der Waals surface area contributed by atoms with Gasteiger partial charge in [-0.05, 0) is 36.0 Å². The molecular formula is C12H15N. The molecular weight excluding hydrogens is 158 g/mol. The van der Waals surface area contributed by atoms with Crippen LogP contribution in [0.2, 0.25) is 0 Å². The summed E-state index contributed by atoms with van der Waals surface area (Å²) in [6.45, 7) is 4.36. The van der Waals surface area contributed by atoms with Crippen molar-refractivity contribution in [2.24, 2.45) is 0 Å². The fourth-order valence-electron chi connectivity index (χ4n) is 1.65. The van der Waals surface area contributed by atoms with Gasteiger partial charge in [0.1, 0.15) is 0 Å². The van der Waals surface area contributed by atoms with Crippen LogP contribution in [-0.2, 0) is 6.42 Å². The van der Waals surface area contributed by atoms with Crippen molar-refractivity contribution in [1.29, 1.82) is 0 Å². The van der Waals surface area contributed by atoms with Crippen molar-refractivity contribution in [3.63, 3.8) is 0 Å². The zero-order valence-corrected chi connectivity index (χ0v) is 8.25. The second-order valence-corrected chi connectivity index (χ2v) is 3.90. The summed E-state index contributed by atoms with van der Waals surface area (Å²) < 4.78 is 0. The van der Waals surface area contributed by atoms with Crippen molar-refractivity contribution in [2.45, 2.75) is 32.6 Å². The average molecular weight is 173 g/mol. The Hall–Kier alpha value is -1.11. The van der Waals surface area contributed by atoms with Gasteiger partial charge >= 0.3 is 0 Å². The second-order valence-electron chi connectivity index (χ2n) is 3.90. The van der Waals surface area contributed by atoms with Crippen LogP contribution >= 0.6 is 0 Å². The van der Waals surface area contributed by atoms with Gasteiger partial charge in [0.05, 0.1) is 0 Å². The third kappa shape index (κ3) is 1.64. The van der Waals surface area contributed by atoms with Crippen molar-refractivity contribution in [2.75, 3.05) is 0 Å². The Bertz CT molecular complexity index is 337. The lowest BCUT2D eigenvalue weighted by Gasteiger charge is -2.12. The summed E-state index contributed by atoms with van der Waals surface area (Å²) in [5, 5.41) is 0. The van der Waals surface area contributed by atoms with E-state index in [0.29, 0.717) is 5.92 Å². The molecule has 68 valence electrons. The van der Waals surface area contributed by atoms with E-state index in [9.17, 15) is 0 Å². The molecule has 0 saturated carbocycles. The molecule has 0 N–H and O–H groups in total. The fourth-order valence-corrected chi connectivity index (χ4v) is 1.65. The van der Waals surface area contributed by atoms with Crippen LogP contribution in [0.15, 0.2) is 18.3 Å². The Morgan fingerprint density at radius 1 is 1.38 bits per heavy atom. The summed E-state index contributed by atoms with van der Waals surface area (Å²) >= 11 is 0. The number of pyridine rings is 1. The first kappa shape index (κ1) is 8.49. The number of nitrogens with zero attached hydrogens (tertiary/aromatic N) is 1. The summed E-state index contributed by atoms with van der Waals surface area (Å²) in [7, 11) is 0. The highest BCUT2D eigenvalue weighted by molar-refractivity contribution is 5.56. The topological polar surface area (TPSA) is 12.9 Å². The summed E-state index contributed by atoms with van der Waals surface area (Å²) in [4.78, 5) is 4.46. The predicted octanol–water partition coefficient (Wildman–Crippen LogP) is 3.16. The Kier molecular flexibility index (Phi) is 2.17. The van der Waals surface area contributed by atoms with Gasteiger partial charge in [-0.1, -0.05) is 26.0 Å². The molecule has 1 aromatic rings. The number of aromatic nitrogens is 1. The van der Waals surface area contributed by atoms with Crippen LogP contribution in [0.1, 0.15) is 43.0 Å². The molecule has 1 heteroatoms. The number of rotatable bonds is 1. The lowest BCUT2D eigenvalue weighted by molar-refractivity contribution is 0.814. The van der Waals surface area contributed by atoms with Gasteiger partial charge in [0.2, 0.25) is 0 Å². The molecule has 13 heavy (non-hydrogen) atoms. The highest BCUT2D eigenvalue weighted by atomic mass is 14.7. The minimum Gasteiger partial charge on any atom is -0.261 e. The van der Waals surface area contributed by atoms with E-state index in [4.69, 9.17) is 0 Å². The van der Waals surface area contributed by atoms with Crippen LogP contribution in [0.25, 0.3) is 6.08 Å². The molecule has 1 aromatic heterocycles. The zero-order chi connectivity index (χ0) is 9.26. The average Bonchev–Trinajstić information content (AvgIpc) is 2.17. The lowest BCUT2D eigenvalue weighted by Crippen LogP contribution is -1.99. The summed E-state index contributed by atoms with van der Waals surface area (Å²) in [5.41, 5.74) is 3.96. The van der Waals surface area contributed by atoms with Gasteiger partial charge in [-0.25, -0.2) is 0 Å². The first-order chi connectivity index (χ1) is 6.27. The Balaban J connectivity index is 2.43. The molecule has 0 spiro atoms. The van der Waals surface area contributed by atoms with Crippen LogP contribution < -0.4 is 0 Å². The summed E-state index contributed by atoms with van der Waals surface area (Å²) in [6, 6.07) is 2.22. The van der Waals surface area contributed by atoms with Crippen molar-refractivity contribution in [3.8, 4) is 0 Å². The molecule has 0 bridgehead atoms. The maximum atomic E-state index is 4.46. The number of allylic oxidation sites excluding steroid dienone is 1. The molecule has 0 radical (unpaired) electrons. The largest absolute Gasteiger partial charge is 0.261 e. The molecule has 0 unspecified atom stereocenters. The van der Waals surface area contributed by atoms with Crippen molar-refractivity contribution < 1.29 is 0 Å². The molecule has 0 amide bonds. The van der Waals surface area contributed by atoms with Crippen LogP contribution in [-0.4, -0.2) is 4.98 Å². The van der Waals surface area contributed by atoms with Crippen LogP contribution in [0.3, 0.4) is 0 Å². The maximum absolute atomic E-state index is 4.46. The number of hydrogen-bond acceptors (Lipinski definition) is 1. The molecule has 1 aliphatic carbocycles. The van der Waals surface area contributed by atoms with Gasteiger partial charge in [0, 0.05) is 11.9 Å². The van der Waals surface area contributed by atoms with Gasteiger partial charge < -0.3 is 0 Å². The SMILES string of the molecule is CC(C)c1cc2c(cn1)CCC=C2. The summed E-state index contributed by atoms with van der Waals surface area (Å²) in [6.07, 6.45) is 8.81. The minimum absolute atomic E-state index is 0.528. The minimum atomic E-state index is 0.528. The number of hydrogen-bond donors (Lipinski definition) is 0. The molecule has 0 saturated heterocycles. The predicted molar refractivity (Wildman–Crippen MR) is 55.7 cm³/mol. The van der Waals surface area contributed by atoms with Crippen LogP contribution in [0.5, 0.6) is 0 Å². The van der Waals surface area contributed by atoms with E-state index in [0.717, 1.165) is 12.8 Å². The quantitative estimate of drug-likeness (QED) is 0.635. The lowest BCUT2D eigenvalue weighted by atomic mass is 9.97. The monoisotopic (exact) mass is 173 g/mol. The molecule has 0 aromatic carbocycles. The standard InChI is InChI=1S/C12H15N/c1-9(2)12-7-10-5-3-4-6-11(10)8-13-12/h3,5,7-9H,4,6H2,1-2H3. The number of aryl methyl sites for hydroxylation is 1. The van der Waals surface area contributed by atoms with E-state index in [1.807, 2.05) is 6.20 Å². The molecule has 1 aliphatic rings. The molecule has 0 aliphatic heterocycles. The molecule has 1 heterocycles. The van der Waals surface area contributed by atoms with E-state index in [1.54, 1.807) is 0 Å². The van der Waals surface area contributed by atoms with Crippen molar-refractivity contribution >= 4 is 6.08 Å². The number of fused-ring (bicyclic) bond motifs is 1. The fraction of sp³-hybridized carbons (Fsp3) is 0.417. The highest BCUT2D eigenvalue weighted by Gasteiger charge is 2.07. The van der Waals surface area contributed by atoms with Gasteiger partial charge in [0.25, 0.3) is 0 Å². The zero-order valence-electron chi connectivity index (χ0n) is 8.25. The second kappa shape index (κ2) is 3.33. The van der Waals surface area contributed by atoms with Crippen molar-refractivity contribution in [1.82, 2.24) is 4.98 Å². The molecule has 1 nitrogen and oxygen atoms in total. The van der Waals surface area contributed by atoms with E-state index >= 15 is 0 Å². The van der Waals surface area contributed by atoms with E-state index in [-0.39, 0.29) is 0 Å². The smallest absolute Gasteiger partial charge is 0.0435 e. The first-order valence-corrected chi connectivity index (χ1v) is 4.93. The highest BCUT2D eigenvalue weighted by Crippen LogP contribution is 2.21. The Morgan fingerprint density at radius 3 is 3.00 bits per heavy atom. The molecule has 0 fully saturated rings. The Morgan fingerprint density at radius 2 is 2.23 bits per heavy atom. The molecule has 0 atom stereocenters. The summed E-state index contributed by atoms with van der Waals surface area (Å²) in [5.74, 6) is 0.528. The Labute approximate surface area is 79.5 Å².